The molecule has 0 heterocycles. The topological polar surface area (TPSA) is 105 Å². The first-order chi connectivity index (χ1) is 34.5. The Morgan fingerprint density at radius 2 is 0.676 bits per heavy atom. The fraction of sp³-hybridized carbons (Fsp3) is 0.984. The summed E-state index contributed by atoms with van der Waals surface area (Å²) in [4.78, 5) is 23.4. The lowest BCUT2D eigenvalue weighted by molar-refractivity contribution is -0.870. The number of carbonyl (C=O) groups excluding carboxylic acids is 1. The number of nitrogens with zero attached hydrogens (tertiary/aromatic N) is 1. The zero-order chi connectivity index (χ0) is 52.0. The van der Waals surface area contributed by atoms with E-state index in [1.165, 1.54) is 276 Å². The van der Waals surface area contributed by atoms with Crippen molar-refractivity contribution in [1.82, 2.24) is 5.32 Å². The molecule has 426 valence electrons. The Balaban J connectivity index is 4.00. The molecule has 0 aromatic rings. The number of carbonyl (C=O) groups is 1. The van der Waals surface area contributed by atoms with Gasteiger partial charge in [-0.2, -0.15) is 0 Å². The number of phosphoric ester groups is 1. The number of quaternary nitrogens is 1. The second-order valence-corrected chi connectivity index (χ2v) is 25.0. The molecule has 0 radical (unpaired) electrons. The maximum absolute atomic E-state index is 13.0. The molecule has 9 heteroatoms. The first-order valence-electron chi connectivity index (χ1n) is 31.9. The van der Waals surface area contributed by atoms with Crippen LogP contribution < -0.4 is 5.32 Å². The Morgan fingerprint density at radius 3 is 0.944 bits per heavy atom. The number of aliphatic hydroxyl groups is 1. The first kappa shape index (κ1) is 70.5. The lowest BCUT2D eigenvalue weighted by Gasteiger charge is -2.26. The maximum atomic E-state index is 13.0. The van der Waals surface area contributed by atoms with Crippen LogP contribution in [0.3, 0.4) is 0 Å². The van der Waals surface area contributed by atoms with Crippen LogP contribution in [0.1, 0.15) is 341 Å². The summed E-state index contributed by atoms with van der Waals surface area (Å²) in [5.41, 5.74) is 0. The predicted octanol–water partition coefficient (Wildman–Crippen LogP) is 19.6. The van der Waals surface area contributed by atoms with Crippen molar-refractivity contribution in [2.24, 2.45) is 0 Å². The number of unbranched alkanes of at least 4 members (excludes halogenated alkanes) is 47. The molecule has 0 aliphatic carbocycles. The molecule has 0 rings (SSSR count). The largest absolute Gasteiger partial charge is 0.472 e. The van der Waals surface area contributed by atoms with Gasteiger partial charge in [0.15, 0.2) is 0 Å². The SMILES string of the molecule is CCCCCCCCCCCCCCCCCCCCCCCCCCCCCCCCCC(O)C(COP(=O)(O)OCC[N+](C)(C)C)NC(=O)CCCCCCCCCCCCCCCCCCCC. The van der Waals surface area contributed by atoms with Crippen LogP contribution in [0, 0.1) is 0 Å². The molecule has 0 saturated carbocycles. The van der Waals surface area contributed by atoms with Gasteiger partial charge in [-0.25, -0.2) is 4.57 Å². The molecule has 0 aromatic carbocycles. The molecule has 71 heavy (non-hydrogen) atoms. The number of hydrogen-bond acceptors (Lipinski definition) is 5. The standard InChI is InChI=1S/C62H127N2O6P/c1-6-8-10-12-14-16-18-20-22-24-26-27-28-29-30-31-32-33-34-35-36-37-38-39-41-43-45-47-49-51-53-55-61(65)60(59-70-71(67,68)69-58-57-64(3,4)5)63-62(66)56-54-52-50-48-46-44-42-40-25-23-21-19-17-15-13-11-9-7-2/h60-61,65H,6-59H2,1-5H3,(H-,63,66,67,68)/p+1. The van der Waals surface area contributed by atoms with Crippen LogP contribution in [-0.2, 0) is 18.4 Å². The molecule has 8 nitrogen and oxygen atoms in total. The molecule has 1 amide bonds. The van der Waals surface area contributed by atoms with E-state index in [2.05, 4.69) is 19.2 Å². The Kier molecular flexibility index (Phi) is 53.9. The third-order valence-corrected chi connectivity index (χ3v) is 16.1. The third kappa shape index (κ3) is 57.1. The summed E-state index contributed by atoms with van der Waals surface area (Å²) >= 11 is 0. The lowest BCUT2D eigenvalue weighted by Crippen LogP contribution is -2.46. The summed E-state index contributed by atoms with van der Waals surface area (Å²) in [7, 11) is 1.64. The number of rotatable bonds is 60. The normalized spacial score (nSPS) is 13.7. The summed E-state index contributed by atoms with van der Waals surface area (Å²) in [5, 5.41) is 14.1. The van der Waals surface area contributed by atoms with Crippen LogP contribution in [0.15, 0.2) is 0 Å². The van der Waals surface area contributed by atoms with Crippen molar-refractivity contribution in [3.8, 4) is 0 Å². The molecule has 0 aliphatic heterocycles. The van der Waals surface area contributed by atoms with Gasteiger partial charge in [0.1, 0.15) is 13.2 Å². The molecule has 0 aromatic heterocycles. The fourth-order valence-electron chi connectivity index (χ4n) is 10.1. The molecule has 0 saturated heterocycles. The lowest BCUT2D eigenvalue weighted by atomic mass is 10.0. The van der Waals surface area contributed by atoms with Crippen LogP contribution in [0.4, 0.5) is 0 Å². The van der Waals surface area contributed by atoms with Gasteiger partial charge in [0.2, 0.25) is 5.91 Å². The highest BCUT2D eigenvalue weighted by Crippen LogP contribution is 2.43. The minimum Gasteiger partial charge on any atom is -0.391 e. The molecule has 0 aliphatic rings. The predicted molar refractivity (Wildman–Crippen MR) is 309 cm³/mol. The molecule has 3 unspecified atom stereocenters. The van der Waals surface area contributed by atoms with Gasteiger partial charge in [-0.05, 0) is 12.8 Å². The van der Waals surface area contributed by atoms with Crippen molar-refractivity contribution in [1.29, 1.82) is 0 Å². The minimum atomic E-state index is -4.32. The monoisotopic (exact) mass is 1030 g/mol. The van der Waals surface area contributed by atoms with Gasteiger partial charge < -0.3 is 19.8 Å². The van der Waals surface area contributed by atoms with Gasteiger partial charge in [-0.1, -0.05) is 322 Å². The van der Waals surface area contributed by atoms with Crippen molar-refractivity contribution >= 4 is 13.7 Å². The Hall–Kier alpha value is -0.500. The Bertz CT molecular complexity index is 1120. The van der Waals surface area contributed by atoms with Gasteiger partial charge in [0.05, 0.1) is 39.9 Å². The summed E-state index contributed by atoms with van der Waals surface area (Å²) in [6.45, 7) is 4.95. The van der Waals surface area contributed by atoms with Gasteiger partial charge in [0.25, 0.3) is 0 Å². The molecule has 0 fully saturated rings. The zero-order valence-corrected chi connectivity index (χ0v) is 49.7. The molecule has 0 spiro atoms. The third-order valence-electron chi connectivity index (χ3n) is 15.1. The van der Waals surface area contributed by atoms with E-state index < -0.39 is 20.0 Å². The number of nitrogens with one attached hydrogen (secondary N) is 1. The molecule has 0 bridgehead atoms. The van der Waals surface area contributed by atoms with E-state index in [1.54, 1.807) is 0 Å². The number of amides is 1. The summed E-state index contributed by atoms with van der Waals surface area (Å²) in [5.74, 6) is -0.135. The quantitative estimate of drug-likeness (QED) is 0.0318. The van der Waals surface area contributed by atoms with Crippen molar-refractivity contribution in [3.05, 3.63) is 0 Å². The fourth-order valence-corrected chi connectivity index (χ4v) is 10.8. The highest BCUT2D eigenvalue weighted by atomic mass is 31.2. The molecular formula is C62H128N2O6P+. The van der Waals surface area contributed by atoms with E-state index in [0.29, 0.717) is 23.9 Å². The van der Waals surface area contributed by atoms with Gasteiger partial charge in [0, 0.05) is 6.42 Å². The summed E-state index contributed by atoms with van der Waals surface area (Å²) in [6, 6.07) is -0.755. The molecule has 3 atom stereocenters. The van der Waals surface area contributed by atoms with E-state index in [1.807, 2.05) is 21.1 Å². The number of phosphoric acid groups is 1. The van der Waals surface area contributed by atoms with E-state index in [4.69, 9.17) is 9.05 Å². The van der Waals surface area contributed by atoms with Crippen molar-refractivity contribution in [3.63, 3.8) is 0 Å². The highest BCUT2D eigenvalue weighted by Gasteiger charge is 2.28. The first-order valence-corrected chi connectivity index (χ1v) is 33.4. The Morgan fingerprint density at radius 1 is 0.423 bits per heavy atom. The van der Waals surface area contributed by atoms with Crippen LogP contribution in [0.25, 0.3) is 0 Å². The number of hydrogen-bond donors (Lipinski definition) is 3. The van der Waals surface area contributed by atoms with Gasteiger partial charge >= 0.3 is 7.82 Å². The average Bonchev–Trinajstić information content (AvgIpc) is 3.33. The second kappa shape index (κ2) is 54.3. The van der Waals surface area contributed by atoms with Gasteiger partial charge in [-0.15, -0.1) is 0 Å². The van der Waals surface area contributed by atoms with Crippen molar-refractivity contribution in [2.75, 3.05) is 40.9 Å². The van der Waals surface area contributed by atoms with E-state index in [-0.39, 0.29) is 19.1 Å². The summed E-state index contributed by atoms with van der Waals surface area (Å²) in [6.07, 6.45) is 66.1. The maximum Gasteiger partial charge on any atom is 0.472 e. The van der Waals surface area contributed by atoms with Crippen molar-refractivity contribution in [2.45, 2.75) is 353 Å². The van der Waals surface area contributed by atoms with Crippen molar-refractivity contribution < 1.29 is 32.9 Å². The van der Waals surface area contributed by atoms with E-state index in [9.17, 15) is 19.4 Å². The summed E-state index contributed by atoms with van der Waals surface area (Å²) < 4.78 is 23.8. The van der Waals surface area contributed by atoms with Crippen LogP contribution in [0.2, 0.25) is 0 Å². The number of aliphatic hydroxyl groups excluding tert-OH is 1. The van der Waals surface area contributed by atoms with Gasteiger partial charge in [-0.3, -0.25) is 13.8 Å². The average molecular weight is 1030 g/mol. The minimum absolute atomic E-state index is 0.0793. The Labute approximate surface area is 444 Å². The highest BCUT2D eigenvalue weighted by molar-refractivity contribution is 7.47. The molecule has 3 N–H and O–H groups in total. The zero-order valence-electron chi connectivity index (χ0n) is 48.8. The van der Waals surface area contributed by atoms with Crippen LogP contribution in [0.5, 0.6) is 0 Å². The molecular weight excluding hydrogens is 900 g/mol. The number of likely N-dealkylation sites (N-methyl/N-ethyl adjacent to an activating group) is 1. The second-order valence-electron chi connectivity index (χ2n) is 23.5. The smallest absolute Gasteiger partial charge is 0.391 e. The van der Waals surface area contributed by atoms with Crippen LogP contribution >= 0.6 is 7.82 Å². The van der Waals surface area contributed by atoms with E-state index >= 15 is 0 Å². The van der Waals surface area contributed by atoms with Crippen LogP contribution in [-0.4, -0.2) is 73.4 Å². The van der Waals surface area contributed by atoms with E-state index in [0.717, 1.165) is 38.5 Å².